The Kier molecular flexibility index (Phi) is 10.2. The molecule has 1 aliphatic rings. The van der Waals surface area contributed by atoms with Gasteiger partial charge in [0, 0.05) is 0 Å². The fourth-order valence-corrected chi connectivity index (χ4v) is 1.41. The van der Waals surface area contributed by atoms with Gasteiger partial charge in [0.2, 0.25) is 0 Å². The summed E-state index contributed by atoms with van der Waals surface area (Å²) in [5.41, 5.74) is 0. The van der Waals surface area contributed by atoms with Crippen LogP contribution in [0.1, 0.15) is 13.3 Å². The molecule has 0 aromatic rings. The molecule has 0 saturated carbocycles. The van der Waals surface area contributed by atoms with E-state index in [1.807, 2.05) is 0 Å². The van der Waals surface area contributed by atoms with E-state index < -0.39 is 0 Å². The van der Waals surface area contributed by atoms with Crippen molar-refractivity contribution in [2.75, 3.05) is 59.5 Å². The Morgan fingerprint density at radius 2 is 1.74 bits per heavy atom. The summed E-state index contributed by atoms with van der Waals surface area (Å²) < 4.78 is 26.6. The Morgan fingerprint density at radius 1 is 1.11 bits per heavy atom. The molecule has 1 rings (SSSR count). The third-order valence-electron chi connectivity index (χ3n) is 2.66. The van der Waals surface area contributed by atoms with Crippen molar-refractivity contribution in [3.05, 3.63) is 0 Å². The minimum atomic E-state index is 0.0490. The molecule has 114 valence electrons. The van der Waals surface area contributed by atoms with Gasteiger partial charge in [0.25, 0.3) is 0 Å². The van der Waals surface area contributed by atoms with Gasteiger partial charge in [-0.05, 0) is 6.42 Å². The van der Waals surface area contributed by atoms with E-state index in [1.165, 1.54) is 0 Å². The Labute approximate surface area is 114 Å². The van der Waals surface area contributed by atoms with Gasteiger partial charge in [-0.15, -0.1) is 0 Å². The largest absolute Gasteiger partial charge is 0.394 e. The minimum Gasteiger partial charge on any atom is -0.394 e. The molecule has 0 spiro atoms. The standard InChI is InChI=1S/C13H26O6/c1-2-12(18-10-13-11-19-13)9-17-8-7-16-6-5-15-4-3-14/h12-14H,2-11H2,1H3. The molecule has 6 nitrogen and oxygen atoms in total. The van der Waals surface area contributed by atoms with Crippen molar-refractivity contribution in [3.8, 4) is 0 Å². The van der Waals surface area contributed by atoms with Gasteiger partial charge < -0.3 is 28.8 Å². The summed E-state index contributed by atoms with van der Waals surface area (Å²) >= 11 is 0. The van der Waals surface area contributed by atoms with Crippen LogP contribution >= 0.6 is 0 Å². The molecule has 0 radical (unpaired) electrons. The van der Waals surface area contributed by atoms with Crippen molar-refractivity contribution in [2.24, 2.45) is 0 Å². The summed E-state index contributed by atoms with van der Waals surface area (Å²) in [7, 11) is 0. The van der Waals surface area contributed by atoms with Gasteiger partial charge in [0.05, 0.1) is 65.6 Å². The lowest BCUT2D eigenvalue weighted by Gasteiger charge is -2.15. The maximum Gasteiger partial charge on any atom is 0.104 e. The summed E-state index contributed by atoms with van der Waals surface area (Å²) in [5.74, 6) is 0. The highest BCUT2D eigenvalue weighted by Crippen LogP contribution is 2.11. The third kappa shape index (κ3) is 10.2. The predicted molar refractivity (Wildman–Crippen MR) is 69.3 cm³/mol. The third-order valence-corrected chi connectivity index (χ3v) is 2.66. The Hall–Kier alpha value is -0.240. The average molecular weight is 278 g/mol. The zero-order chi connectivity index (χ0) is 13.8. The van der Waals surface area contributed by atoms with Crippen LogP contribution in [0, 0.1) is 0 Å². The van der Waals surface area contributed by atoms with Gasteiger partial charge in [-0.1, -0.05) is 6.92 Å². The van der Waals surface area contributed by atoms with Crippen molar-refractivity contribution in [3.63, 3.8) is 0 Å². The molecule has 0 aromatic carbocycles. The lowest BCUT2D eigenvalue weighted by atomic mass is 10.3. The van der Waals surface area contributed by atoms with Gasteiger partial charge in [-0.25, -0.2) is 0 Å². The SMILES string of the molecule is CCC(COCCOCCOCCO)OCC1CO1. The van der Waals surface area contributed by atoms with E-state index in [4.69, 9.17) is 28.8 Å². The molecule has 2 unspecified atom stereocenters. The van der Waals surface area contributed by atoms with Gasteiger partial charge in [-0.2, -0.15) is 0 Å². The fourth-order valence-electron chi connectivity index (χ4n) is 1.41. The Bertz CT molecular complexity index is 198. The molecule has 1 N–H and O–H groups in total. The smallest absolute Gasteiger partial charge is 0.104 e. The first-order valence-corrected chi connectivity index (χ1v) is 6.94. The predicted octanol–water partition coefficient (Wildman–Crippen LogP) is 0.223. The second kappa shape index (κ2) is 11.6. The van der Waals surface area contributed by atoms with Crippen LogP contribution in [0.25, 0.3) is 0 Å². The number of epoxide rings is 1. The summed E-state index contributed by atoms with van der Waals surface area (Å²) in [6.45, 7) is 6.70. The number of aliphatic hydroxyl groups is 1. The quantitative estimate of drug-likeness (QED) is 0.362. The topological polar surface area (TPSA) is 69.7 Å². The van der Waals surface area contributed by atoms with E-state index in [2.05, 4.69) is 6.92 Å². The van der Waals surface area contributed by atoms with Crippen molar-refractivity contribution < 1.29 is 28.8 Å². The summed E-state index contributed by atoms with van der Waals surface area (Å²) in [5, 5.41) is 8.49. The molecule has 0 amide bonds. The highest BCUT2D eigenvalue weighted by Gasteiger charge is 2.23. The van der Waals surface area contributed by atoms with Gasteiger partial charge >= 0.3 is 0 Å². The van der Waals surface area contributed by atoms with E-state index in [0.29, 0.717) is 52.4 Å². The summed E-state index contributed by atoms with van der Waals surface area (Å²) in [4.78, 5) is 0. The molecular weight excluding hydrogens is 252 g/mol. The van der Waals surface area contributed by atoms with Crippen molar-refractivity contribution >= 4 is 0 Å². The first-order valence-electron chi connectivity index (χ1n) is 6.94. The zero-order valence-electron chi connectivity index (χ0n) is 11.7. The van der Waals surface area contributed by atoms with Crippen LogP contribution < -0.4 is 0 Å². The highest BCUT2D eigenvalue weighted by atomic mass is 16.6. The van der Waals surface area contributed by atoms with E-state index in [9.17, 15) is 0 Å². The van der Waals surface area contributed by atoms with Gasteiger partial charge in [0.1, 0.15) is 6.10 Å². The van der Waals surface area contributed by atoms with Crippen molar-refractivity contribution in [1.29, 1.82) is 0 Å². The number of hydrogen-bond acceptors (Lipinski definition) is 6. The van der Waals surface area contributed by atoms with E-state index in [1.54, 1.807) is 0 Å². The van der Waals surface area contributed by atoms with Crippen LogP contribution in [-0.2, 0) is 23.7 Å². The first kappa shape index (κ1) is 16.8. The van der Waals surface area contributed by atoms with Crippen LogP contribution in [0.15, 0.2) is 0 Å². The van der Waals surface area contributed by atoms with E-state index in [0.717, 1.165) is 13.0 Å². The molecule has 0 bridgehead atoms. The highest BCUT2D eigenvalue weighted by molar-refractivity contribution is 4.68. The van der Waals surface area contributed by atoms with Crippen LogP contribution in [0.3, 0.4) is 0 Å². The molecule has 19 heavy (non-hydrogen) atoms. The van der Waals surface area contributed by atoms with E-state index in [-0.39, 0.29) is 12.7 Å². The summed E-state index contributed by atoms with van der Waals surface area (Å²) in [6.07, 6.45) is 1.37. The molecule has 0 aliphatic carbocycles. The van der Waals surface area contributed by atoms with Gasteiger partial charge in [-0.3, -0.25) is 0 Å². The van der Waals surface area contributed by atoms with Crippen molar-refractivity contribution in [1.82, 2.24) is 0 Å². The lowest BCUT2D eigenvalue weighted by Crippen LogP contribution is -2.22. The van der Waals surface area contributed by atoms with Crippen LogP contribution in [-0.4, -0.2) is 76.8 Å². The maximum absolute atomic E-state index is 8.49. The molecule has 0 aromatic heterocycles. The molecule has 1 saturated heterocycles. The zero-order valence-corrected chi connectivity index (χ0v) is 11.7. The Morgan fingerprint density at radius 3 is 2.32 bits per heavy atom. The second-order valence-electron chi connectivity index (χ2n) is 4.34. The Balaban J connectivity index is 1.79. The average Bonchev–Trinajstić information content (AvgIpc) is 3.24. The molecule has 1 fully saturated rings. The molecule has 1 aliphatic heterocycles. The van der Waals surface area contributed by atoms with Crippen LogP contribution in [0.4, 0.5) is 0 Å². The van der Waals surface area contributed by atoms with Crippen LogP contribution in [0.2, 0.25) is 0 Å². The molecule has 6 heteroatoms. The number of hydrogen-bond donors (Lipinski definition) is 1. The molecular formula is C13H26O6. The second-order valence-corrected chi connectivity index (χ2v) is 4.34. The summed E-state index contributed by atoms with van der Waals surface area (Å²) in [6, 6.07) is 0. The molecule has 2 atom stereocenters. The molecule has 1 heterocycles. The van der Waals surface area contributed by atoms with Gasteiger partial charge in [0.15, 0.2) is 0 Å². The number of aliphatic hydroxyl groups excluding tert-OH is 1. The van der Waals surface area contributed by atoms with Crippen molar-refractivity contribution in [2.45, 2.75) is 25.6 Å². The number of ether oxygens (including phenoxy) is 5. The minimum absolute atomic E-state index is 0.0490. The van der Waals surface area contributed by atoms with Crippen LogP contribution in [0.5, 0.6) is 0 Å². The van der Waals surface area contributed by atoms with E-state index >= 15 is 0 Å². The normalized spacial score (nSPS) is 19.6. The maximum atomic E-state index is 8.49. The monoisotopic (exact) mass is 278 g/mol. The first-order chi connectivity index (χ1) is 9.36. The fraction of sp³-hybridized carbons (Fsp3) is 1.00. The number of rotatable bonds is 14. The lowest BCUT2D eigenvalue weighted by molar-refractivity contribution is -0.0408.